The molecule has 1 aliphatic carbocycles. The summed E-state index contributed by atoms with van der Waals surface area (Å²) in [5.41, 5.74) is 3.90. The molecule has 0 atom stereocenters. The second kappa shape index (κ2) is 7.91. The SMILES string of the molecule is COC(=O)c1ccc(/C=N/c2ccc(C3CCCCC3)cc2)cc1. The van der Waals surface area contributed by atoms with E-state index in [1.54, 1.807) is 12.1 Å². The molecular formula is C21H23NO2. The molecule has 0 N–H and O–H groups in total. The lowest BCUT2D eigenvalue weighted by Gasteiger charge is -2.21. The first-order valence-corrected chi connectivity index (χ1v) is 8.58. The van der Waals surface area contributed by atoms with Gasteiger partial charge < -0.3 is 4.74 Å². The first-order valence-electron chi connectivity index (χ1n) is 8.58. The average molecular weight is 321 g/mol. The Balaban J connectivity index is 1.64. The summed E-state index contributed by atoms with van der Waals surface area (Å²) in [6.07, 6.45) is 8.53. The van der Waals surface area contributed by atoms with E-state index in [4.69, 9.17) is 4.74 Å². The monoisotopic (exact) mass is 321 g/mol. The molecule has 24 heavy (non-hydrogen) atoms. The number of nitrogens with zero attached hydrogens (tertiary/aromatic N) is 1. The van der Waals surface area contributed by atoms with Crippen molar-refractivity contribution >= 4 is 17.9 Å². The number of rotatable bonds is 4. The second-order valence-electron chi connectivity index (χ2n) is 6.30. The highest BCUT2D eigenvalue weighted by Crippen LogP contribution is 2.33. The third kappa shape index (κ3) is 4.10. The number of hydrogen-bond acceptors (Lipinski definition) is 3. The van der Waals surface area contributed by atoms with Crippen LogP contribution in [0.3, 0.4) is 0 Å². The van der Waals surface area contributed by atoms with Crippen molar-refractivity contribution in [2.45, 2.75) is 38.0 Å². The standard InChI is InChI=1S/C21H23NO2/c1-24-21(23)19-9-7-16(8-10-19)15-22-20-13-11-18(12-14-20)17-5-3-2-4-6-17/h7-15,17H,2-6H2,1H3/b22-15+. The molecule has 2 aromatic rings. The zero-order chi connectivity index (χ0) is 16.8. The maximum atomic E-state index is 11.4. The number of carbonyl (C=O) groups excluding carboxylic acids is 1. The fourth-order valence-electron chi connectivity index (χ4n) is 3.24. The van der Waals surface area contributed by atoms with Gasteiger partial charge in [-0.1, -0.05) is 43.5 Å². The van der Waals surface area contributed by atoms with E-state index in [1.165, 1.54) is 44.8 Å². The van der Waals surface area contributed by atoms with Gasteiger partial charge in [0.15, 0.2) is 0 Å². The molecule has 1 aliphatic rings. The van der Waals surface area contributed by atoms with Gasteiger partial charge in [-0.25, -0.2) is 4.79 Å². The lowest BCUT2D eigenvalue weighted by Crippen LogP contribution is -2.03. The zero-order valence-corrected chi connectivity index (χ0v) is 14.1. The molecule has 0 amide bonds. The van der Waals surface area contributed by atoms with Crippen molar-refractivity contribution in [1.82, 2.24) is 0 Å². The quantitative estimate of drug-likeness (QED) is 0.568. The van der Waals surface area contributed by atoms with Crippen LogP contribution in [0, 0.1) is 0 Å². The van der Waals surface area contributed by atoms with Gasteiger partial charge in [0.2, 0.25) is 0 Å². The van der Waals surface area contributed by atoms with Gasteiger partial charge in [-0.05, 0) is 54.2 Å². The van der Waals surface area contributed by atoms with Crippen molar-refractivity contribution < 1.29 is 9.53 Å². The number of aliphatic imine (C=N–C) groups is 1. The van der Waals surface area contributed by atoms with Crippen LogP contribution in [0.15, 0.2) is 53.5 Å². The van der Waals surface area contributed by atoms with Crippen LogP contribution in [0.4, 0.5) is 5.69 Å². The van der Waals surface area contributed by atoms with Crippen molar-refractivity contribution in [2.75, 3.05) is 7.11 Å². The predicted octanol–water partition coefficient (Wildman–Crippen LogP) is 5.27. The van der Waals surface area contributed by atoms with Gasteiger partial charge in [0, 0.05) is 6.21 Å². The Hall–Kier alpha value is -2.42. The van der Waals surface area contributed by atoms with E-state index < -0.39 is 0 Å². The molecule has 2 aromatic carbocycles. The summed E-state index contributed by atoms with van der Waals surface area (Å²) in [6.45, 7) is 0. The van der Waals surface area contributed by atoms with Gasteiger partial charge in [0.05, 0.1) is 18.4 Å². The van der Waals surface area contributed by atoms with Gasteiger partial charge in [0.1, 0.15) is 0 Å². The molecule has 0 spiro atoms. The Bertz CT molecular complexity index is 696. The average Bonchev–Trinajstić information content (AvgIpc) is 2.67. The van der Waals surface area contributed by atoms with Crippen molar-refractivity contribution in [3.63, 3.8) is 0 Å². The molecule has 1 saturated carbocycles. The zero-order valence-electron chi connectivity index (χ0n) is 14.1. The Labute approximate surface area is 143 Å². The van der Waals surface area contributed by atoms with Crippen molar-refractivity contribution in [2.24, 2.45) is 4.99 Å². The maximum Gasteiger partial charge on any atom is 0.337 e. The number of esters is 1. The minimum absolute atomic E-state index is 0.322. The summed E-state index contributed by atoms with van der Waals surface area (Å²) in [5.74, 6) is 0.402. The highest BCUT2D eigenvalue weighted by Gasteiger charge is 2.14. The highest BCUT2D eigenvalue weighted by molar-refractivity contribution is 5.90. The summed E-state index contributed by atoms with van der Waals surface area (Å²) >= 11 is 0. The first kappa shape index (κ1) is 16.4. The molecule has 3 heteroatoms. The van der Waals surface area contributed by atoms with Crippen LogP contribution in [0.2, 0.25) is 0 Å². The Morgan fingerprint density at radius 1 is 1.00 bits per heavy atom. The normalized spacial score (nSPS) is 15.5. The second-order valence-corrected chi connectivity index (χ2v) is 6.30. The number of methoxy groups -OCH3 is 1. The van der Waals surface area contributed by atoms with Crippen LogP contribution in [-0.4, -0.2) is 19.3 Å². The molecule has 0 radical (unpaired) electrons. The van der Waals surface area contributed by atoms with Crippen molar-refractivity contribution in [1.29, 1.82) is 0 Å². The summed E-state index contributed by atoms with van der Waals surface area (Å²) in [6, 6.07) is 15.8. The largest absolute Gasteiger partial charge is 0.465 e. The smallest absolute Gasteiger partial charge is 0.337 e. The molecule has 0 saturated heterocycles. The minimum atomic E-state index is -0.322. The van der Waals surface area contributed by atoms with E-state index in [2.05, 4.69) is 29.3 Å². The van der Waals surface area contributed by atoms with Crippen LogP contribution in [0.1, 0.15) is 59.5 Å². The van der Waals surface area contributed by atoms with Crippen LogP contribution in [0.25, 0.3) is 0 Å². The fourth-order valence-corrected chi connectivity index (χ4v) is 3.24. The molecule has 0 unspecified atom stereocenters. The molecule has 1 fully saturated rings. The predicted molar refractivity (Wildman–Crippen MR) is 97.3 cm³/mol. The molecule has 0 bridgehead atoms. The third-order valence-corrected chi connectivity index (χ3v) is 4.66. The summed E-state index contributed by atoms with van der Waals surface area (Å²) in [4.78, 5) is 15.9. The number of carbonyl (C=O) groups is 1. The van der Waals surface area contributed by atoms with Gasteiger partial charge in [0.25, 0.3) is 0 Å². The van der Waals surface area contributed by atoms with E-state index >= 15 is 0 Å². The van der Waals surface area contributed by atoms with Gasteiger partial charge >= 0.3 is 5.97 Å². The molecule has 3 rings (SSSR count). The van der Waals surface area contributed by atoms with Crippen LogP contribution in [0.5, 0.6) is 0 Å². The minimum Gasteiger partial charge on any atom is -0.465 e. The Morgan fingerprint density at radius 3 is 2.29 bits per heavy atom. The lowest BCUT2D eigenvalue weighted by molar-refractivity contribution is 0.0600. The van der Waals surface area contributed by atoms with Gasteiger partial charge in [-0.3, -0.25) is 4.99 Å². The Kier molecular flexibility index (Phi) is 5.42. The van der Waals surface area contributed by atoms with Crippen molar-refractivity contribution in [3.8, 4) is 0 Å². The van der Waals surface area contributed by atoms with E-state index in [0.717, 1.165) is 17.2 Å². The van der Waals surface area contributed by atoms with Crippen LogP contribution in [-0.2, 0) is 4.74 Å². The lowest BCUT2D eigenvalue weighted by atomic mass is 9.84. The van der Waals surface area contributed by atoms with E-state index in [-0.39, 0.29) is 5.97 Å². The first-order chi connectivity index (χ1) is 11.8. The Morgan fingerprint density at radius 2 is 1.67 bits per heavy atom. The van der Waals surface area contributed by atoms with Gasteiger partial charge in [-0.15, -0.1) is 0 Å². The molecule has 3 nitrogen and oxygen atoms in total. The van der Waals surface area contributed by atoms with Crippen LogP contribution < -0.4 is 0 Å². The van der Waals surface area contributed by atoms with Crippen LogP contribution >= 0.6 is 0 Å². The third-order valence-electron chi connectivity index (χ3n) is 4.66. The molecule has 124 valence electrons. The van der Waals surface area contributed by atoms with E-state index in [0.29, 0.717) is 5.56 Å². The fraction of sp³-hybridized carbons (Fsp3) is 0.333. The molecule has 0 aliphatic heterocycles. The summed E-state index contributed by atoms with van der Waals surface area (Å²) in [5, 5.41) is 0. The number of benzene rings is 2. The summed E-state index contributed by atoms with van der Waals surface area (Å²) < 4.78 is 4.69. The van der Waals surface area contributed by atoms with E-state index in [9.17, 15) is 4.79 Å². The number of ether oxygens (including phenoxy) is 1. The highest BCUT2D eigenvalue weighted by atomic mass is 16.5. The van der Waals surface area contributed by atoms with Gasteiger partial charge in [-0.2, -0.15) is 0 Å². The summed E-state index contributed by atoms with van der Waals surface area (Å²) in [7, 11) is 1.38. The molecule has 0 aromatic heterocycles. The number of hydrogen-bond donors (Lipinski definition) is 0. The van der Waals surface area contributed by atoms with E-state index in [1.807, 2.05) is 18.3 Å². The molecular weight excluding hydrogens is 298 g/mol. The molecule has 0 heterocycles. The van der Waals surface area contributed by atoms with Crippen molar-refractivity contribution in [3.05, 3.63) is 65.2 Å². The maximum absolute atomic E-state index is 11.4. The topological polar surface area (TPSA) is 38.7 Å².